The molecule has 0 saturated heterocycles. The highest BCUT2D eigenvalue weighted by molar-refractivity contribution is 5.72. The van der Waals surface area contributed by atoms with Crippen LogP contribution in [0.4, 0.5) is 4.39 Å². The van der Waals surface area contributed by atoms with Crippen LogP contribution in [0, 0.1) is 19.7 Å². The van der Waals surface area contributed by atoms with Gasteiger partial charge in [0.25, 0.3) is 0 Å². The van der Waals surface area contributed by atoms with Crippen molar-refractivity contribution in [2.45, 2.75) is 20.5 Å². The molecule has 0 unspecified atom stereocenters. The third-order valence-corrected chi connectivity index (χ3v) is 4.71. The van der Waals surface area contributed by atoms with Crippen molar-refractivity contribution in [2.24, 2.45) is 0 Å². The predicted molar refractivity (Wildman–Crippen MR) is 110 cm³/mol. The van der Waals surface area contributed by atoms with Gasteiger partial charge in [0.2, 0.25) is 0 Å². The minimum atomic E-state index is -0.233. The summed E-state index contributed by atoms with van der Waals surface area (Å²) >= 11 is 0. The SMILES string of the molecule is Cc1ccc(COc2ccc(-c3c[nH]c(-c4ccc(F)cc4)c3)cc2C)cn1. The van der Waals surface area contributed by atoms with Crippen LogP contribution in [0.5, 0.6) is 5.75 Å². The number of hydrogen-bond acceptors (Lipinski definition) is 2. The van der Waals surface area contributed by atoms with E-state index in [9.17, 15) is 4.39 Å². The van der Waals surface area contributed by atoms with Gasteiger partial charge in [-0.15, -0.1) is 0 Å². The Bertz CT molecular complexity index is 1080. The summed E-state index contributed by atoms with van der Waals surface area (Å²) in [7, 11) is 0. The first-order chi connectivity index (χ1) is 13.6. The predicted octanol–water partition coefficient (Wildman–Crippen LogP) is 6.08. The monoisotopic (exact) mass is 372 g/mol. The molecular formula is C24H21FN2O. The van der Waals surface area contributed by atoms with Crippen LogP contribution < -0.4 is 4.74 Å². The summed E-state index contributed by atoms with van der Waals surface area (Å²) in [5.41, 5.74) is 7.21. The van der Waals surface area contributed by atoms with Crippen LogP contribution >= 0.6 is 0 Å². The Morgan fingerprint density at radius 3 is 2.39 bits per heavy atom. The fraction of sp³-hybridized carbons (Fsp3) is 0.125. The van der Waals surface area contributed by atoms with Crippen molar-refractivity contribution >= 4 is 0 Å². The van der Waals surface area contributed by atoms with E-state index in [0.717, 1.165) is 45.0 Å². The maximum Gasteiger partial charge on any atom is 0.123 e. The fourth-order valence-corrected chi connectivity index (χ4v) is 3.09. The van der Waals surface area contributed by atoms with Crippen molar-refractivity contribution in [3.8, 4) is 28.1 Å². The molecule has 28 heavy (non-hydrogen) atoms. The summed E-state index contributed by atoms with van der Waals surface area (Å²) in [6.45, 7) is 4.50. The van der Waals surface area contributed by atoms with Crippen molar-refractivity contribution in [3.05, 3.63) is 95.7 Å². The number of rotatable bonds is 5. The van der Waals surface area contributed by atoms with Crippen LogP contribution in [0.25, 0.3) is 22.4 Å². The number of aryl methyl sites for hydroxylation is 2. The van der Waals surface area contributed by atoms with Gasteiger partial charge in [-0.05, 0) is 84.6 Å². The molecule has 2 aromatic carbocycles. The fourth-order valence-electron chi connectivity index (χ4n) is 3.09. The zero-order valence-electron chi connectivity index (χ0n) is 15.9. The summed E-state index contributed by atoms with van der Waals surface area (Å²) in [5, 5.41) is 0. The maximum absolute atomic E-state index is 13.1. The molecule has 4 rings (SSSR count). The number of ether oxygens (including phenoxy) is 1. The van der Waals surface area contributed by atoms with E-state index in [-0.39, 0.29) is 5.82 Å². The van der Waals surface area contributed by atoms with Gasteiger partial charge in [-0.3, -0.25) is 4.98 Å². The number of hydrogen-bond donors (Lipinski definition) is 1. The number of halogens is 1. The Balaban J connectivity index is 1.50. The van der Waals surface area contributed by atoms with Crippen LogP contribution in [-0.4, -0.2) is 9.97 Å². The standard InChI is InChI=1S/C24H21FN2O/c1-16-11-20(7-10-24(16)28-15-18-4-3-17(2)26-13-18)21-12-23(27-14-21)19-5-8-22(25)9-6-19/h3-14,27H,15H2,1-2H3. The molecule has 2 aromatic heterocycles. The first kappa shape index (κ1) is 18.0. The van der Waals surface area contributed by atoms with Gasteiger partial charge in [-0.25, -0.2) is 4.39 Å². The zero-order chi connectivity index (χ0) is 19.5. The van der Waals surface area contributed by atoms with Crippen molar-refractivity contribution in [1.82, 2.24) is 9.97 Å². The van der Waals surface area contributed by atoms with Gasteiger partial charge in [0.1, 0.15) is 18.2 Å². The topological polar surface area (TPSA) is 37.9 Å². The van der Waals surface area contributed by atoms with Crippen molar-refractivity contribution in [1.29, 1.82) is 0 Å². The van der Waals surface area contributed by atoms with Crippen LogP contribution in [0.15, 0.2) is 73.1 Å². The van der Waals surface area contributed by atoms with Crippen LogP contribution in [-0.2, 0) is 6.61 Å². The molecule has 1 N–H and O–H groups in total. The van der Waals surface area contributed by atoms with E-state index in [1.807, 2.05) is 50.5 Å². The second-order valence-corrected chi connectivity index (χ2v) is 6.89. The quantitative estimate of drug-likeness (QED) is 0.461. The molecule has 0 fully saturated rings. The van der Waals surface area contributed by atoms with Crippen molar-refractivity contribution in [2.75, 3.05) is 0 Å². The molecule has 0 spiro atoms. The average Bonchev–Trinajstić information content (AvgIpc) is 3.19. The highest BCUT2D eigenvalue weighted by Crippen LogP contribution is 2.30. The Kier molecular flexibility index (Phi) is 4.94. The average molecular weight is 372 g/mol. The molecule has 0 aliphatic rings. The van der Waals surface area contributed by atoms with E-state index in [0.29, 0.717) is 6.61 Å². The number of benzene rings is 2. The number of nitrogens with one attached hydrogen (secondary N) is 1. The smallest absolute Gasteiger partial charge is 0.123 e. The molecule has 3 nitrogen and oxygen atoms in total. The summed E-state index contributed by atoms with van der Waals surface area (Å²) in [6.07, 6.45) is 3.81. The van der Waals surface area contributed by atoms with Crippen LogP contribution in [0.3, 0.4) is 0 Å². The minimum Gasteiger partial charge on any atom is -0.489 e. The molecule has 0 saturated carbocycles. The maximum atomic E-state index is 13.1. The lowest BCUT2D eigenvalue weighted by atomic mass is 10.0. The molecule has 0 radical (unpaired) electrons. The Hall–Kier alpha value is -3.40. The molecule has 4 heteroatoms. The first-order valence-corrected chi connectivity index (χ1v) is 9.18. The van der Waals surface area contributed by atoms with E-state index in [1.54, 1.807) is 12.1 Å². The third kappa shape index (κ3) is 3.96. The summed E-state index contributed by atoms with van der Waals surface area (Å²) in [5.74, 6) is 0.627. The van der Waals surface area contributed by atoms with E-state index < -0.39 is 0 Å². The number of nitrogens with zero attached hydrogens (tertiary/aromatic N) is 1. The Labute approximate surface area is 163 Å². The molecule has 0 atom stereocenters. The molecule has 4 aromatic rings. The highest BCUT2D eigenvalue weighted by atomic mass is 19.1. The number of pyridine rings is 1. The molecule has 0 aliphatic heterocycles. The van der Waals surface area contributed by atoms with E-state index in [2.05, 4.69) is 22.1 Å². The summed E-state index contributed by atoms with van der Waals surface area (Å²) in [4.78, 5) is 7.56. The summed E-state index contributed by atoms with van der Waals surface area (Å²) < 4.78 is 19.1. The van der Waals surface area contributed by atoms with Crippen LogP contribution in [0.1, 0.15) is 16.8 Å². The molecule has 0 amide bonds. The highest BCUT2D eigenvalue weighted by Gasteiger charge is 2.07. The van der Waals surface area contributed by atoms with Gasteiger partial charge in [-0.2, -0.15) is 0 Å². The van der Waals surface area contributed by atoms with Gasteiger partial charge in [0.15, 0.2) is 0 Å². The van der Waals surface area contributed by atoms with E-state index >= 15 is 0 Å². The zero-order valence-corrected chi connectivity index (χ0v) is 15.9. The van der Waals surface area contributed by atoms with Gasteiger partial charge in [-0.1, -0.05) is 12.1 Å². The van der Waals surface area contributed by atoms with Crippen LogP contribution in [0.2, 0.25) is 0 Å². The molecule has 140 valence electrons. The normalized spacial score (nSPS) is 10.8. The van der Waals surface area contributed by atoms with E-state index in [4.69, 9.17) is 4.74 Å². The molecule has 2 heterocycles. The Morgan fingerprint density at radius 2 is 1.68 bits per heavy atom. The molecule has 0 aliphatic carbocycles. The second kappa shape index (κ2) is 7.69. The van der Waals surface area contributed by atoms with Crippen molar-refractivity contribution < 1.29 is 9.13 Å². The number of aromatic amines is 1. The van der Waals surface area contributed by atoms with Crippen molar-refractivity contribution in [3.63, 3.8) is 0 Å². The van der Waals surface area contributed by atoms with Gasteiger partial charge < -0.3 is 9.72 Å². The number of H-pyrrole nitrogens is 1. The minimum absolute atomic E-state index is 0.233. The van der Waals surface area contributed by atoms with Gasteiger partial charge in [0.05, 0.1) is 0 Å². The lowest BCUT2D eigenvalue weighted by molar-refractivity contribution is 0.303. The van der Waals surface area contributed by atoms with Gasteiger partial charge in [0, 0.05) is 29.3 Å². The van der Waals surface area contributed by atoms with Gasteiger partial charge >= 0.3 is 0 Å². The molecule has 0 bridgehead atoms. The Morgan fingerprint density at radius 1 is 0.893 bits per heavy atom. The second-order valence-electron chi connectivity index (χ2n) is 6.89. The number of aromatic nitrogens is 2. The largest absolute Gasteiger partial charge is 0.489 e. The summed E-state index contributed by atoms with van der Waals surface area (Å²) in [6, 6.07) is 18.7. The third-order valence-electron chi connectivity index (χ3n) is 4.71. The lowest BCUT2D eigenvalue weighted by Crippen LogP contribution is -1.98. The lowest BCUT2D eigenvalue weighted by Gasteiger charge is -2.10. The first-order valence-electron chi connectivity index (χ1n) is 9.18. The van der Waals surface area contributed by atoms with E-state index in [1.165, 1.54) is 12.1 Å². The molecular weight excluding hydrogens is 351 g/mol.